The molecule has 4 rings (SSSR count). The van der Waals surface area contributed by atoms with Crippen LogP contribution in [0.4, 0.5) is 0 Å². The lowest BCUT2D eigenvalue weighted by atomic mass is 10.1. The summed E-state index contributed by atoms with van der Waals surface area (Å²) in [5.74, 6) is 1.07. The van der Waals surface area contributed by atoms with Gasteiger partial charge in [0, 0.05) is 12.0 Å². The van der Waals surface area contributed by atoms with Gasteiger partial charge in [-0.05, 0) is 42.8 Å². The first-order chi connectivity index (χ1) is 13.5. The fourth-order valence-electron chi connectivity index (χ4n) is 3.07. The Balaban J connectivity index is 1.55. The van der Waals surface area contributed by atoms with Gasteiger partial charge < -0.3 is 24.8 Å². The van der Waals surface area contributed by atoms with Crippen molar-refractivity contribution in [3.63, 3.8) is 0 Å². The second-order valence-electron chi connectivity index (χ2n) is 6.62. The summed E-state index contributed by atoms with van der Waals surface area (Å²) in [6, 6.07) is 10.0. The molecule has 3 N–H and O–H groups in total. The molecule has 1 aliphatic rings. The van der Waals surface area contributed by atoms with Crippen molar-refractivity contribution in [1.29, 1.82) is 0 Å². The van der Waals surface area contributed by atoms with E-state index in [1.165, 1.54) is 6.07 Å². The van der Waals surface area contributed by atoms with Gasteiger partial charge >= 0.3 is 11.1 Å². The second kappa shape index (κ2) is 7.22. The van der Waals surface area contributed by atoms with E-state index in [-0.39, 0.29) is 11.9 Å². The standard InChI is InChI=1S/C20H19N3O5/c1-11(12-4-6-16-17(10-12)28-8-2-7-27-16)21-18(24)13-3-5-14-15(9-13)23-20(26)19(25)22-14/h3-6,9-11H,2,7-8H2,1H3,(H,21,24)(H,22,25)(H,23,26). The summed E-state index contributed by atoms with van der Waals surface area (Å²) in [5.41, 5.74) is 0.614. The third-order valence-electron chi connectivity index (χ3n) is 4.60. The number of benzene rings is 2. The largest absolute Gasteiger partial charge is 0.490 e. The van der Waals surface area contributed by atoms with Crippen molar-refractivity contribution in [2.24, 2.45) is 0 Å². The average Bonchev–Trinajstić information content (AvgIpc) is 2.93. The van der Waals surface area contributed by atoms with Crippen molar-refractivity contribution in [3.8, 4) is 11.5 Å². The molecular weight excluding hydrogens is 362 g/mol. The molecule has 0 saturated carbocycles. The molecule has 0 radical (unpaired) electrons. The topological polar surface area (TPSA) is 113 Å². The minimum Gasteiger partial charge on any atom is -0.490 e. The van der Waals surface area contributed by atoms with Gasteiger partial charge in [-0.25, -0.2) is 0 Å². The summed E-state index contributed by atoms with van der Waals surface area (Å²) in [4.78, 5) is 40.5. The number of nitrogens with one attached hydrogen (secondary N) is 3. The molecule has 144 valence electrons. The molecular formula is C20H19N3O5. The first kappa shape index (κ1) is 17.8. The number of aromatic nitrogens is 2. The molecule has 8 heteroatoms. The molecule has 28 heavy (non-hydrogen) atoms. The van der Waals surface area contributed by atoms with Crippen LogP contribution >= 0.6 is 0 Å². The molecule has 2 aromatic carbocycles. The molecule has 2 heterocycles. The first-order valence-corrected chi connectivity index (χ1v) is 8.98. The van der Waals surface area contributed by atoms with Gasteiger partial charge in [0.2, 0.25) is 0 Å². The van der Waals surface area contributed by atoms with E-state index in [2.05, 4.69) is 15.3 Å². The van der Waals surface area contributed by atoms with Crippen molar-refractivity contribution >= 4 is 16.9 Å². The summed E-state index contributed by atoms with van der Waals surface area (Å²) in [6.45, 7) is 3.08. The normalized spacial score (nSPS) is 14.3. The van der Waals surface area contributed by atoms with E-state index < -0.39 is 11.1 Å². The maximum absolute atomic E-state index is 12.6. The quantitative estimate of drug-likeness (QED) is 0.600. The molecule has 1 amide bonds. The van der Waals surface area contributed by atoms with Gasteiger partial charge in [0.25, 0.3) is 5.91 Å². The molecule has 1 atom stereocenters. The zero-order chi connectivity index (χ0) is 19.7. The van der Waals surface area contributed by atoms with Crippen molar-refractivity contribution in [1.82, 2.24) is 15.3 Å². The molecule has 0 bridgehead atoms. The number of carbonyl (C=O) groups excluding carboxylic acids is 1. The van der Waals surface area contributed by atoms with Crippen LogP contribution in [0.2, 0.25) is 0 Å². The smallest absolute Gasteiger partial charge is 0.314 e. The summed E-state index contributed by atoms with van der Waals surface area (Å²) < 4.78 is 11.3. The van der Waals surface area contributed by atoms with Gasteiger partial charge in [-0.3, -0.25) is 14.4 Å². The van der Waals surface area contributed by atoms with Crippen LogP contribution in [0.15, 0.2) is 46.0 Å². The SMILES string of the molecule is CC(NC(=O)c1ccc2[nH]c(=O)c(=O)[nH]c2c1)c1ccc2c(c1)OCCCO2. The number of carbonyl (C=O) groups is 1. The van der Waals surface area contributed by atoms with Crippen molar-refractivity contribution in [3.05, 3.63) is 68.2 Å². The molecule has 1 aromatic heterocycles. The monoisotopic (exact) mass is 381 g/mol. The summed E-state index contributed by atoms with van der Waals surface area (Å²) >= 11 is 0. The minimum atomic E-state index is -0.759. The Morgan fingerprint density at radius 3 is 2.46 bits per heavy atom. The van der Waals surface area contributed by atoms with Gasteiger partial charge in [0.1, 0.15) is 0 Å². The van der Waals surface area contributed by atoms with Gasteiger partial charge in [0.05, 0.1) is 30.3 Å². The van der Waals surface area contributed by atoms with Crippen LogP contribution in [-0.2, 0) is 0 Å². The Hall–Kier alpha value is -3.55. The fraction of sp³-hybridized carbons (Fsp3) is 0.250. The van der Waals surface area contributed by atoms with Gasteiger partial charge in [-0.15, -0.1) is 0 Å². The van der Waals surface area contributed by atoms with E-state index in [0.717, 1.165) is 12.0 Å². The number of H-pyrrole nitrogens is 2. The highest BCUT2D eigenvalue weighted by atomic mass is 16.5. The van der Waals surface area contributed by atoms with Crippen LogP contribution in [0, 0.1) is 0 Å². The Kier molecular flexibility index (Phi) is 4.60. The highest BCUT2D eigenvalue weighted by molar-refractivity contribution is 5.97. The van der Waals surface area contributed by atoms with E-state index in [0.29, 0.717) is 41.3 Å². The van der Waals surface area contributed by atoms with E-state index >= 15 is 0 Å². The number of hydrogen-bond donors (Lipinski definition) is 3. The first-order valence-electron chi connectivity index (χ1n) is 8.98. The predicted octanol–water partition coefficient (Wildman–Crippen LogP) is 1.87. The van der Waals surface area contributed by atoms with Gasteiger partial charge in [0.15, 0.2) is 11.5 Å². The predicted molar refractivity (Wildman–Crippen MR) is 103 cm³/mol. The number of rotatable bonds is 3. The number of hydrogen-bond acceptors (Lipinski definition) is 5. The third kappa shape index (κ3) is 3.48. The van der Waals surface area contributed by atoms with Crippen LogP contribution in [0.25, 0.3) is 11.0 Å². The molecule has 1 aliphatic heterocycles. The van der Waals surface area contributed by atoms with E-state index in [4.69, 9.17) is 9.47 Å². The molecule has 3 aromatic rings. The number of aromatic amines is 2. The Morgan fingerprint density at radius 2 is 1.68 bits per heavy atom. The van der Waals surface area contributed by atoms with Gasteiger partial charge in [-0.1, -0.05) is 6.07 Å². The highest BCUT2D eigenvalue weighted by Gasteiger charge is 2.16. The molecule has 0 fully saturated rings. The zero-order valence-electron chi connectivity index (χ0n) is 15.2. The molecule has 1 unspecified atom stereocenters. The van der Waals surface area contributed by atoms with Crippen LogP contribution in [0.3, 0.4) is 0 Å². The van der Waals surface area contributed by atoms with E-state index in [1.54, 1.807) is 12.1 Å². The van der Waals surface area contributed by atoms with Gasteiger partial charge in [-0.2, -0.15) is 0 Å². The third-order valence-corrected chi connectivity index (χ3v) is 4.60. The number of fused-ring (bicyclic) bond motifs is 2. The summed E-state index contributed by atoms with van der Waals surface area (Å²) in [6.07, 6.45) is 0.825. The summed E-state index contributed by atoms with van der Waals surface area (Å²) in [5, 5.41) is 2.93. The average molecular weight is 381 g/mol. The van der Waals surface area contributed by atoms with Crippen LogP contribution in [-0.4, -0.2) is 29.1 Å². The molecule has 0 aliphatic carbocycles. The lowest BCUT2D eigenvalue weighted by Crippen LogP contribution is -2.29. The number of ether oxygens (including phenoxy) is 2. The molecule has 8 nitrogen and oxygen atoms in total. The molecule has 0 saturated heterocycles. The van der Waals surface area contributed by atoms with E-state index in [9.17, 15) is 14.4 Å². The van der Waals surface area contributed by atoms with Crippen molar-refractivity contribution in [2.75, 3.05) is 13.2 Å². The minimum absolute atomic E-state index is 0.269. The maximum Gasteiger partial charge on any atom is 0.314 e. The Labute approximate surface area is 159 Å². The lowest BCUT2D eigenvalue weighted by molar-refractivity contribution is 0.0940. The van der Waals surface area contributed by atoms with Crippen molar-refractivity contribution < 1.29 is 14.3 Å². The zero-order valence-corrected chi connectivity index (χ0v) is 15.2. The fourth-order valence-corrected chi connectivity index (χ4v) is 3.07. The van der Waals surface area contributed by atoms with Crippen LogP contribution in [0.1, 0.15) is 35.3 Å². The maximum atomic E-state index is 12.6. The second-order valence-corrected chi connectivity index (χ2v) is 6.62. The van der Waals surface area contributed by atoms with Crippen molar-refractivity contribution in [2.45, 2.75) is 19.4 Å². The van der Waals surface area contributed by atoms with Crippen LogP contribution in [0.5, 0.6) is 11.5 Å². The van der Waals surface area contributed by atoms with E-state index in [1.807, 2.05) is 25.1 Å². The van der Waals surface area contributed by atoms with Crippen LogP contribution < -0.4 is 25.9 Å². The Morgan fingerprint density at radius 1 is 0.964 bits per heavy atom. The number of amides is 1. The summed E-state index contributed by atoms with van der Waals surface area (Å²) in [7, 11) is 0. The Bertz CT molecular complexity index is 1160. The lowest BCUT2D eigenvalue weighted by Gasteiger charge is -2.16. The highest BCUT2D eigenvalue weighted by Crippen LogP contribution is 2.32. The molecule has 0 spiro atoms.